The van der Waals surface area contributed by atoms with E-state index in [1.165, 1.54) is 0 Å². The lowest BCUT2D eigenvalue weighted by atomic mass is 10.2. The molecule has 5 heteroatoms. The largest absolute Gasteiger partial charge is 0.396 e. The number of aliphatic imine (C=N–C) groups is 1. The summed E-state index contributed by atoms with van der Waals surface area (Å²) in [5, 5.41) is 14.7. The Morgan fingerprint density at radius 3 is 2.93 bits per heavy atom. The lowest BCUT2D eigenvalue weighted by molar-refractivity contribution is 0.279. The summed E-state index contributed by atoms with van der Waals surface area (Å²) in [5.41, 5.74) is 0. The van der Waals surface area contributed by atoms with E-state index in [0.29, 0.717) is 17.3 Å². The Morgan fingerprint density at radius 1 is 1.67 bits per heavy atom. The molecule has 3 unspecified atom stereocenters. The number of aliphatic hydroxyl groups is 1. The number of nitrogens with one attached hydrogen (secondary N) is 1. The first-order valence-corrected chi connectivity index (χ1v) is 7.35. The molecule has 0 bridgehead atoms. The Hall–Kier alpha value is 0.260. The molecule has 1 rings (SSSR count). The van der Waals surface area contributed by atoms with Crippen LogP contribution in [0.25, 0.3) is 0 Å². The van der Waals surface area contributed by atoms with Crippen LogP contribution in [0.5, 0.6) is 0 Å². The highest BCUT2D eigenvalue weighted by Crippen LogP contribution is 2.27. The van der Waals surface area contributed by atoms with E-state index in [1.807, 2.05) is 11.8 Å². The van der Waals surface area contributed by atoms with E-state index in [-0.39, 0.29) is 6.61 Å². The van der Waals surface area contributed by atoms with E-state index in [9.17, 15) is 0 Å². The summed E-state index contributed by atoms with van der Waals surface area (Å²) in [6.45, 7) is 4.54. The topological polar surface area (TPSA) is 44.6 Å². The van der Waals surface area contributed by atoms with Gasteiger partial charge < -0.3 is 10.4 Å². The van der Waals surface area contributed by atoms with Gasteiger partial charge in [0.2, 0.25) is 0 Å². The van der Waals surface area contributed by atoms with Gasteiger partial charge in [0.05, 0.1) is 6.04 Å². The first-order valence-electron chi connectivity index (χ1n) is 5.35. The van der Waals surface area contributed by atoms with Crippen molar-refractivity contribution in [1.82, 2.24) is 5.32 Å². The summed E-state index contributed by atoms with van der Waals surface area (Å²) < 4.78 is 0. The molecule has 0 aromatic heterocycles. The monoisotopic (exact) mass is 294 g/mol. The number of halogens is 1. The molecule has 1 aliphatic rings. The Labute approximate surface area is 104 Å². The van der Waals surface area contributed by atoms with Gasteiger partial charge in [0.15, 0.2) is 5.17 Å². The van der Waals surface area contributed by atoms with Crippen LogP contribution in [0.15, 0.2) is 4.99 Å². The molecule has 0 aliphatic carbocycles. The average molecular weight is 295 g/mol. The standard InChI is InChI=1S/C10H19BrN2OS/c1-7(4-3-5-14)12-10-13-8(2)9(6-11)15-10/h7-9,14H,3-6H2,1-2H3,(H,12,13). The molecule has 0 fully saturated rings. The molecule has 3 atom stereocenters. The van der Waals surface area contributed by atoms with Gasteiger partial charge in [0.1, 0.15) is 0 Å². The molecule has 0 saturated carbocycles. The third-order valence-electron chi connectivity index (χ3n) is 2.44. The first-order chi connectivity index (χ1) is 7.17. The molecule has 2 N–H and O–H groups in total. The first kappa shape index (κ1) is 13.3. The molecule has 3 nitrogen and oxygen atoms in total. The molecule has 0 radical (unpaired) electrons. The van der Waals surface area contributed by atoms with Crippen molar-refractivity contribution in [2.24, 2.45) is 4.99 Å². The highest BCUT2D eigenvalue weighted by Gasteiger charge is 2.26. The maximum Gasteiger partial charge on any atom is 0.157 e. The van der Waals surface area contributed by atoms with Crippen LogP contribution in [-0.2, 0) is 0 Å². The van der Waals surface area contributed by atoms with Gasteiger partial charge in [-0.15, -0.1) is 0 Å². The average Bonchev–Trinajstić information content (AvgIpc) is 2.55. The van der Waals surface area contributed by atoms with E-state index in [0.717, 1.165) is 23.3 Å². The highest BCUT2D eigenvalue weighted by atomic mass is 79.9. The number of alkyl halides is 1. The van der Waals surface area contributed by atoms with Gasteiger partial charge in [-0.05, 0) is 26.7 Å². The SMILES string of the molecule is CC(CCCO)NC1=NC(C)C(CBr)S1. The van der Waals surface area contributed by atoms with Crippen LogP contribution in [0.3, 0.4) is 0 Å². The van der Waals surface area contributed by atoms with Crippen LogP contribution >= 0.6 is 27.7 Å². The Morgan fingerprint density at radius 2 is 2.40 bits per heavy atom. The molecular formula is C10H19BrN2OS. The summed E-state index contributed by atoms with van der Waals surface area (Å²) in [4.78, 5) is 4.56. The van der Waals surface area contributed by atoms with Gasteiger partial charge in [-0.1, -0.05) is 27.7 Å². The van der Waals surface area contributed by atoms with Crippen molar-refractivity contribution >= 4 is 32.9 Å². The number of hydrogen-bond donors (Lipinski definition) is 2. The lowest BCUT2D eigenvalue weighted by Crippen LogP contribution is -2.30. The van der Waals surface area contributed by atoms with E-state index in [2.05, 4.69) is 40.1 Å². The van der Waals surface area contributed by atoms with Crippen molar-refractivity contribution in [2.75, 3.05) is 11.9 Å². The van der Waals surface area contributed by atoms with Gasteiger partial charge in [-0.3, -0.25) is 4.99 Å². The van der Waals surface area contributed by atoms with E-state index >= 15 is 0 Å². The van der Waals surface area contributed by atoms with Crippen molar-refractivity contribution in [2.45, 2.75) is 44.0 Å². The van der Waals surface area contributed by atoms with Crippen molar-refractivity contribution in [1.29, 1.82) is 0 Å². The lowest BCUT2D eigenvalue weighted by Gasteiger charge is -2.14. The minimum atomic E-state index is 0.270. The molecule has 0 aromatic carbocycles. The summed E-state index contributed by atoms with van der Waals surface area (Å²) in [6.07, 6.45) is 1.84. The van der Waals surface area contributed by atoms with Crippen molar-refractivity contribution in [3.05, 3.63) is 0 Å². The van der Waals surface area contributed by atoms with Crippen LogP contribution in [0, 0.1) is 0 Å². The zero-order chi connectivity index (χ0) is 11.3. The van der Waals surface area contributed by atoms with Crippen LogP contribution in [0.2, 0.25) is 0 Å². The van der Waals surface area contributed by atoms with Crippen LogP contribution in [-0.4, -0.2) is 39.5 Å². The van der Waals surface area contributed by atoms with Crippen molar-refractivity contribution in [3.63, 3.8) is 0 Å². The Kier molecular flexibility index (Phi) is 6.00. The minimum absolute atomic E-state index is 0.270. The smallest absolute Gasteiger partial charge is 0.157 e. The number of aliphatic hydroxyl groups excluding tert-OH is 1. The Balaban J connectivity index is 2.30. The predicted molar refractivity (Wildman–Crippen MR) is 71.0 cm³/mol. The third-order valence-corrected chi connectivity index (χ3v) is 4.88. The summed E-state index contributed by atoms with van der Waals surface area (Å²) >= 11 is 5.31. The quantitative estimate of drug-likeness (QED) is 0.762. The van der Waals surface area contributed by atoms with Crippen molar-refractivity contribution < 1.29 is 5.11 Å². The molecule has 0 spiro atoms. The van der Waals surface area contributed by atoms with Crippen LogP contribution in [0.4, 0.5) is 0 Å². The van der Waals surface area contributed by atoms with Crippen LogP contribution in [0.1, 0.15) is 26.7 Å². The second-order valence-electron chi connectivity index (χ2n) is 3.90. The molecule has 0 saturated heterocycles. The van der Waals surface area contributed by atoms with Gasteiger partial charge in [-0.25, -0.2) is 0 Å². The number of amidine groups is 1. The van der Waals surface area contributed by atoms with Gasteiger partial charge in [0.25, 0.3) is 0 Å². The van der Waals surface area contributed by atoms with E-state index in [4.69, 9.17) is 5.11 Å². The molecular weight excluding hydrogens is 276 g/mol. The van der Waals surface area contributed by atoms with Gasteiger partial charge in [0, 0.05) is 23.2 Å². The number of nitrogens with zero attached hydrogens (tertiary/aromatic N) is 1. The Bertz CT molecular complexity index is 225. The number of hydrogen-bond acceptors (Lipinski definition) is 4. The van der Waals surface area contributed by atoms with Crippen molar-refractivity contribution in [3.8, 4) is 0 Å². The van der Waals surface area contributed by atoms with E-state index < -0.39 is 0 Å². The third kappa shape index (κ3) is 4.33. The second-order valence-corrected chi connectivity index (χ2v) is 5.77. The summed E-state index contributed by atoms with van der Waals surface area (Å²) in [6, 6.07) is 0.784. The second kappa shape index (κ2) is 6.76. The normalized spacial score (nSPS) is 27.6. The molecule has 15 heavy (non-hydrogen) atoms. The molecule has 1 heterocycles. The van der Waals surface area contributed by atoms with Gasteiger partial charge >= 0.3 is 0 Å². The van der Waals surface area contributed by atoms with Gasteiger partial charge in [-0.2, -0.15) is 0 Å². The molecule has 1 aliphatic heterocycles. The zero-order valence-corrected chi connectivity index (χ0v) is 11.6. The summed E-state index contributed by atoms with van der Waals surface area (Å²) in [5.74, 6) is 0. The fourth-order valence-electron chi connectivity index (χ4n) is 1.45. The fraction of sp³-hybridized carbons (Fsp3) is 0.900. The molecule has 0 amide bonds. The molecule has 88 valence electrons. The summed E-state index contributed by atoms with van der Waals surface area (Å²) in [7, 11) is 0. The molecule has 0 aromatic rings. The minimum Gasteiger partial charge on any atom is -0.396 e. The maximum atomic E-state index is 8.73. The predicted octanol–water partition coefficient (Wildman–Crippen LogP) is 1.99. The van der Waals surface area contributed by atoms with Crippen LogP contribution < -0.4 is 5.32 Å². The number of rotatable bonds is 5. The zero-order valence-electron chi connectivity index (χ0n) is 9.24. The number of thioether (sulfide) groups is 1. The van der Waals surface area contributed by atoms with E-state index in [1.54, 1.807) is 0 Å². The fourth-order valence-corrected chi connectivity index (χ4v) is 3.49. The maximum absolute atomic E-state index is 8.73. The highest BCUT2D eigenvalue weighted by molar-refractivity contribution is 9.09.